The van der Waals surface area contributed by atoms with Gasteiger partial charge in [-0.05, 0) is 61.1 Å². The van der Waals surface area contributed by atoms with E-state index in [-0.39, 0.29) is 30.0 Å². The van der Waals surface area contributed by atoms with Gasteiger partial charge in [0.15, 0.2) is 0 Å². The molecule has 3 aromatic rings. The van der Waals surface area contributed by atoms with Crippen LogP contribution in [-0.4, -0.2) is 40.3 Å². The van der Waals surface area contributed by atoms with Gasteiger partial charge < -0.3 is 10.4 Å². The van der Waals surface area contributed by atoms with Crippen LogP contribution >= 0.6 is 0 Å². The first kappa shape index (κ1) is 23.4. The molecule has 3 N–H and O–H groups in total. The van der Waals surface area contributed by atoms with Crippen molar-refractivity contribution in [1.82, 2.24) is 10.2 Å². The van der Waals surface area contributed by atoms with Crippen molar-refractivity contribution < 1.29 is 19.5 Å². The lowest BCUT2D eigenvalue weighted by molar-refractivity contribution is -0.142. The predicted molar refractivity (Wildman–Crippen MR) is 139 cm³/mol. The monoisotopic (exact) mass is 495 g/mol. The molecule has 1 spiro atoms. The molecule has 0 bridgehead atoms. The summed E-state index contributed by atoms with van der Waals surface area (Å²) in [6.45, 7) is 4.22. The molecule has 3 aromatic carbocycles. The van der Waals surface area contributed by atoms with Crippen molar-refractivity contribution in [2.45, 2.75) is 38.3 Å². The highest BCUT2D eigenvalue weighted by Gasteiger charge is 2.70. The van der Waals surface area contributed by atoms with Gasteiger partial charge in [-0.15, -0.1) is 0 Å². The van der Waals surface area contributed by atoms with Crippen molar-refractivity contribution in [1.29, 1.82) is 0 Å². The second-order valence-corrected chi connectivity index (χ2v) is 10.4. The van der Waals surface area contributed by atoms with Gasteiger partial charge in [-0.25, -0.2) is 0 Å². The Kier molecular flexibility index (Phi) is 5.42. The molecule has 0 radical (unpaired) electrons. The van der Waals surface area contributed by atoms with Crippen LogP contribution in [0.3, 0.4) is 0 Å². The molecular formula is C30H29N3O4. The number of nitrogens with one attached hydrogen (secondary N) is 2. The average molecular weight is 496 g/mol. The smallest absolute Gasteiger partial charge is 0.250 e. The number of hydrogen-bond donors (Lipinski definition) is 3. The summed E-state index contributed by atoms with van der Waals surface area (Å²) in [4.78, 5) is 42.9. The van der Waals surface area contributed by atoms with Gasteiger partial charge in [0.1, 0.15) is 11.3 Å². The van der Waals surface area contributed by atoms with Gasteiger partial charge in [0.05, 0.1) is 11.8 Å². The number of likely N-dealkylation sites (tertiary alicyclic amines) is 1. The Bertz CT molecular complexity index is 1420. The highest BCUT2D eigenvalue weighted by molar-refractivity contribution is 6.15. The fraction of sp³-hybridized carbons (Fsp3) is 0.300. The molecule has 188 valence electrons. The minimum absolute atomic E-state index is 0.159. The Hall–Kier alpha value is -3.97. The van der Waals surface area contributed by atoms with Gasteiger partial charge in [0.25, 0.3) is 0 Å². The molecule has 37 heavy (non-hydrogen) atoms. The zero-order valence-electron chi connectivity index (χ0n) is 20.8. The number of carbonyl (C=O) groups excluding carboxylic acids is 3. The number of hydrogen-bond acceptors (Lipinski definition) is 5. The van der Waals surface area contributed by atoms with E-state index in [1.165, 1.54) is 4.90 Å². The quantitative estimate of drug-likeness (QED) is 0.472. The molecule has 3 aliphatic heterocycles. The van der Waals surface area contributed by atoms with Gasteiger partial charge in [0, 0.05) is 23.8 Å². The number of phenolic OH excluding ortho intramolecular Hbond substituents is 1. The van der Waals surface area contributed by atoms with Gasteiger partial charge in [0.2, 0.25) is 17.7 Å². The molecule has 3 aliphatic rings. The van der Waals surface area contributed by atoms with Crippen LogP contribution < -0.4 is 10.6 Å². The lowest BCUT2D eigenvalue weighted by Gasteiger charge is -2.29. The summed E-state index contributed by atoms with van der Waals surface area (Å²) in [6, 6.07) is 20.1. The fourth-order valence-corrected chi connectivity index (χ4v) is 6.35. The predicted octanol–water partition coefficient (Wildman–Crippen LogP) is 3.21. The first-order valence-electron chi connectivity index (χ1n) is 12.7. The maximum atomic E-state index is 14.0. The molecule has 0 aromatic heterocycles. The molecule has 2 fully saturated rings. The number of fused-ring (bicyclic) bond motifs is 4. The van der Waals surface area contributed by atoms with Gasteiger partial charge >= 0.3 is 0 Å². The average Bonchev–Trinajstić information content (AvgIpc) is 3.47. The zero-order valence-corrected chi connectivity index (χ0v) is 20.8. The van der Waals surface area contributed by atoms with E-state index in [0.717, 1.165) is 33.5 Å². The maximum absolute atomic E-state index is 14.0. The minimum Gasteiger partial charge on any atom is -0.508 e. The Morgan fingerprint density at radius 3 is 2.35 bits per heavy atom. The number of aryl methyl sites for hydroxylation is 1. The summed E-state index contributed by atoms with van der Waals surface area (Å²) >= 11 is 0. The molecule has 2 unspecified atom stereocenters. The van der Waals surface area contributed by atoms with Crippen LogP contribution in [0.2, 0.25) is 0 Å². The highest BCUT2D eigenvalue weighted by atomic mass is 16.3. The molecule has 0 saturated carbocycles. The summed E-state index contributed by atoms with van der Waals surface area (Å²) in [5.41, 5.74) is 4.11. The summed E-state index contributed by atoms with van der Waals surface area (Å²) in [6.07, 6.45) is 1.00. The molecule has 7 heteroatoms. The van der Waals surface area contributed by atoms with Crippen LogP contribution in [0.4, 0.5) is 5.69 Å². The SMILES string of the molecule is Cc1ccc2c(c1C)NC(=O)C21NC(Cc2ccc(O)cc2)[C@H]2C(=O)N(CCc3ccccc3)C(=O)[C@H]21. The zero-order chi connectivity index (χ0) is 25.9. The van der Waals surface area contributed by atoms with E-state index in [0.29, 0.717) is 12.8 Å². The second-order valence-electron chi connectivity index (χ2n) is 10.4. The third-order valence-electron chi connectivity index (χ3n) is 8.37. The van der Waals surface area contributed by atoms with Crippen LogP contribution in [0.25, 0.3) is 0 Å². The van der Waals surface area contributed by atoms with Crippen molar-refractivity contribution in [2.24, 2.45) is 11.8 Å². The molecule has 6 rings (SSSR count). The lowest BCUT2D eigenvalue weighted by Crippen LogP contribution is -2.53. The van der Waals surface area contributed by atoms with Crippen molar-refractivity contribution in [3.63, 3.8) is 0 Å². The largest absolute Gasteiger partial charge is 0.508 e. The molecule has 3 amide bonds. The maximum Gasteiger partial charge on any atom is 0.250 e. The van der Waals surface area contributed by atoms with Gasteiger partial charge in [-0.3, -0.25) is 24.6 Å². The Morgan fingerprint density at radius 2 is 1.62 bits per heavy atom. The van der Waals surface area contributed by atoms with Crippen molar-refractivity contribution >= 4 is 23.4 Å². The third kappa shape index (κ3) is 3.49. The number of amides is 3. The Morgan fingerprint density at radius 1 is 0.892 bits per heavy atom. The van der Waals surface area contributed by atoms with Crippen molar-refractivity contribution in [3.8, 4) is 5.75 Å². The second kappa shape index (κ2) is 8.56. The summed E-state index contributed by atoms with van der Waals surface area (Å²) in [5, 5.41) is 16.2. The topological polar surface area (TPSA) is 98.7 Å². The fourth-order valence-electron chi connectivity index (χ4n) is 6.35. The van der Waals surface area contributed by atoms with Crippen LogP contribution in [0, 0.1) is 25.7 Å². The van der Waals surface area contributed by atoms with Crippen molar-refractivity contribution in [3.05, 3.63) is 94.5 Å². The summed E-state index contributed by atoms with van der Waals surface area (Å²) in [5.74, 6) is -2.16. The Labute approximate surface area is 215 Å². The first-order chi connectivity index (χ1) is 17.8. The van der Waals surface area contributed by atoms with E-state index < -0.39 is 23.4 Å². The number of nitrogens with zero attached hydrogens (tertiary/aromatic N) is 1. The number of aromatic hydroxyl groups is 1. The minimum atomic E-state index is -1.31. The van der Waals surface area contributed by atoms with Gasteiger partial charge in [-0.2, -0.15) is 0 Å². The Balaban J connectivity index is 1.41. The van der Waals surface area contributed by atoms with E-state index in [1.54, 1.807) is 12.1 Å². The van der Waals surface area contributed by atoms with Crippen LogP contribution in [0.1, 0.15) is 27.8 Å². The van der Waals surface area contributed by atoms with E-state index in [1.807, 2.05) is 68.4 Å². The molecule has 4 atom stereocenters. The molecule has 7 nitrogen and oxygen atoms in total. The number of anilines is 1. The van der Waals surface area contributed by atoms with Crippen molar-refractivity contribution in [2.75, 3.05) is 11.9 Å². The van der Waals surface area contributed by atoms with Gasteiger partial charge in [-0.1, -0.05) is 54.6 Å². The number of carbonyl (C=O) groups is 3. The number of benzene rings is 3. The lowest BCUT2D eigenvalue weighted by atomic mass is 9.75. The molecule has 2 saturated heterocycles. The molecule has 3 heterocycles. The molecular weight excluding hydrogens is 466 g/mol. The van der Waals surface area contributed by atoms with E-state index >= 15 is 0 Å². The first-order valence-corrected chi connectivity index (χ1v) is 12.7. The number of phenols is 1. The van der Waals surface area contributed by atoms with Crippen LogP contribution in [0.15, 0.2) is 66.7 Å². The van der Waals surface area contributed by atoms with E-state index in [4.69, 9.17) is 0 Å². The molecule has 0 aliphatic carbocycles. The standard InChI is InChI=1S/C30H29N3O4/c1-17-8-13-22-26(18(17)2)31-29(37)30(22)25-24(23(32-30)16-20-9-11-21(34)12-10-20)27(35)33(28(25)36)15-14-19-6-4-3-5-7-19/h3-13,23-25,32,34H,14-16H2,1-2H3,(H,31,37)/t23?,24-,25+,30?/m1/s1. The summed E-state index contributed by atoms with van der Waals surface area (Å²) < 4.78 is 0. The summed E-state index contributed by atoms with van der Waals surface area (Å²) in [7, 11) is 0. The number of rotatable bonds is 5. The normalized spacial score (nSPS) is 26.1. The van der Waals surface area contributed by atoms with Crippen LogP contribution in [0.5, 0.6) is 5.75 Å². The highest BCUT2D eigenvalue weighted by Crippen LogP contribution is 2.54. The van der Waals surface area contributed by atoms with Crippen LogP contribution in [-0.2, 0) is 32.8 Å². The third-order valence-corrected chi connectivity index (χ3v) is 8.37. The number of imide groups is 1. The van der Waals surface area contributed by atoms with E-state index in [9.17, 15) is 19.5 Å². The van der Waals surface area contributed by atoms with E-state index in [2.05, 4.69) is 10.6 Å².